The molecule has 2 aliphatic rings. The topological polar surface area (TPSA) is 56.4 Å². The molecule has 0 saturated heterocycles. The summed E-state index contributed by atoms with van der Waals surface area (Å²) in [6.45, 7) is 8.25. The summed E-state index contributed by atoms with van der Waals surface area (Å²) in [7, 11) is 0. The lowest BCUT2D eigenvalue weighted by Crippen LogP contribution is -2.47. The zero-order chi connectivity index (χ0) is 19.1. The third-order valence-electron chi connectivity index (χ3n) is 3.97. The van der Waals surface area contributed by atoms with Gasteiger partial charge in [-0.2, -0.15) is 0 Å². The van der Waals surface area contributed by atoms with Gasteiger partial charge in [-0.15, -0.1) is 0 Å². The number of nitrogens with zero attached hydrogens (tertiary/aromatic N) is 1. The van der Waals surface area contributed by atoms with Gasteiger partial charge < -0.3 is 16.0 Å². The number of hydrogen-bond acceptors (Lipinski definition) is 3. The molecule has 0 unspecified atom stereocenters. The van der Waals surface area contributed by atoms with Gasteiger partial charge in [0.1, 0.15) is 11.6 Å². The van der Waals surface area contributed by atoms with Gasteiger partial charge in [-0.25, -0.2) is 13.6 Å². The summed E-state index contributed by atoms with van der Waals surface area (Å²) in [4.78, 5) is 14.2. The number of amides is 2. The molecule has 1 aromatic carbocycles. The Kier molecular flexibility index (Phi) is 4.48. The van der Waals surface area contributed by atoms with Crippen molar-refractivity contribution in [3.8, 4) is 0 Å². The van der Waals surface area contributed by atoms with Crippen LogP contribution in [0.25, 0.3) is 0 Å². The first kappa shape index (κ1) is 18.0. The van der Waals surface area contributed by atoms with Gasteiger partial charge >= 0.3 is 6.03 Å². The number of nitrogens with one attached hydrogen (secondary N) is 3. The van der Waals surface area contributed by atoms with Crippen LogP contribution >= 0.6 is 0 Å². The fourth-order valence-corrected chi connectivity index (χ4v) is 2.85. The van der Waals surface area contributed by atoms with Crippen molar-refractivity contribution in [1.82, 2.24) is 15.5 Å². The van der Waals surface area contributed by atoms with Crippen LogP contribution in [0.3, 0.4) is 0 Å². The summed E-state index contributed by atoms with van der Waals surface area (Å²) in [5, 5.41) is 9.13. The summed E-state index contributed by atoms with van der Waals surface area (Å²) < 4.78 is 27.1. The average Bonchev–Trinajstić information content (AvgIpc) is 2.91. The molecule has 2 heterocycles. The van der Waals surface area contributed by atoms with Crippen molar-refractivity contribution in [3.63, 3.8) is 0 Å². The van der Waals surface area contributed by atoms with E-state index >= 15 is 0 Å². The molecule has 7 heteroatoms. The monoisotopic (exact) mass is 360 g/mol. The summed E-state index contributed by atoms with van der Waals surface area (Å²) in [6.07, 6.45) is 3.33. The number of fused-ring (bicyclic) bond motifs is 1. The number of urea groups is 1. The number of anilines is 1. The number of rotatable bonds is 2. The molecule has 0 bridgehead atoms. The molecule has 3 N–H and O–H groups in total. The van der Waals surface area contributed by atoms with Crippen molar-refractivity contribution < 1.29 is 13.6 Å². The highest BCUT2D eigenvalue weighted by Crippen LogP contribution is 2.31. The van der Waals surface area contributed by atoms with E-state index in [0.29, 0.717) is 17.9 Å². The van der Waals surface area contributed by atoms with Crippen molar-refractivity contribution in [3.05, 3.63) is 64.8 Å². The molecule has 1 aromatic rings. The second kappa shape index (κ2) is 6.48. The summed E-state index contributed by atoms with van der Waals surface area (Å²) in [6, 6.07) is 3.12. The highest BCUT2D eigenvalue weighted by atomic mass is 19.1. The average molecular weight is 360 g/mol. The van der Waals surface area contributed by atoms with E-state index in [4.69, 9.17) is 0 Å². The van der Waals surface area contributed by atoms with E-state index in [2.05, 4.69) is 16.0 Å². The molecule has 2 amide bonds. The maximum absolute atomic E-state index is 14.0. The Morgan fingerprint density at radius 3 is 2.65 bits per heavy atom. The van der Waals surface area contributed by atoms with Gasteiger partial charge in [0.25, 0.3) is 0 Å². The van der Waals surface area contributed by atoms with Gasteiger partial charge in [0.15, 0.2) is 0 Å². The minimum absolute atomic E-state index is 0.164. The first-order valence-corrected chi connectivity index (χ1v) is 8.35. The Hall–Kier alpha value is -2.83. The van der Waals surface area contributed by atoms with Crippen LogP contribution in [-0.4, -0.2) is 23.0 Å². The second-order valence-corrected chi connectivity index (χ2v) is 7.39. The predicted molar refractivity (Wildman–Crippen MR) is 97.0 cm³/mol. The maximum Gasteiger partial charge on any atom is 0.326 e. The van der Waals surface area contributed by atoms with Gasteiger partial charge in [-0.1, -0.05) is 0 Å². The highest BCUT2D eigenvalue weighted by molar-refractivity contribution is 5.81. The molecule has 3 rings (SSSR count). The molecular weight excluding hydrogens is 338 g/mol. The molecule has 0 saturated carbocycles. The highest BCUT2D eigenvalue weighted by Gasteiger charge is 2.31. The molecule has 138 valence electrons. The first-order valence-electron chi connectivity index (χ1n) is 8.35. The van der Waals surface area contributed by atoms with E-state index in [0.717, 1.165) is 17.3 Å². The fourth-order valence-electron chi connectivity index (χ4n) is 2.85. The molecule has 0 aliphatic carbocycles. The van der Waals surface area contributed by atoms with Crippen LogP contribution in [0.2, 0.25) is 0 Å². The quantitative estimate of drug-likeness (QED) is 0.752. The number of benzene rings is 1. The van der Waals surface area contributed by atoms with Gasteiger partial charge in [0.05, 0.1) is 22.8 Å². The molecule has 2 aliphatic heterocycles. The minimum atomic E-state index is -0.681. The number of allylic oxidation sites excluding steroid dienone is 1. The van der Waals surface area contributed by atoms with Gasteiger partial charge in [0.2, 0.25) is 0 Å². The van der Waals surface area contributed by atoms with Crippen LogP contribution in [0.5, 0.6) is 0 Å². The Bertz CT molecular complexity index is 850. The van der Waals surface area contributed by atoms with Crippen molar-refractivity contribution >= 4 is 11.7 Å². The zero-order valence-electron chi connectivity index (χ0n) is 15.2. The molecule has 0 radical (unpaired) electrons. The van der Waals surface area contributed by atoms with Crippen LogP contribution in [-0.2, 0) is 0 Å². The minimum Gasteiger partial charge on any atom is -0.378 e. The lowest BCUT2D eigenvalue weighted by molar-refractivity contribution is 0.214. The molecule has 0 aromatic heterocycles. The predicted octanol–water partition coefficient (Wildman–Crippen LogP) is 3.80. The smallest absolute Gasteiger partial charge is 0.326 e. The molecule has 5 nitrogen and oxygen atoms in total. The zero-order valence-corrected chi connectivity index (χ0v) is 15.2. The normalized spacial score (nSPS) is 16.6. The Labute approximate surface area is 151 Å². The first-order chi connectivity index (χ1) is 12.2. The number of hydrogen-bond donors (Lipinski definition) is 3. The van der Waals surface area contributed by atoms with E-state index in [1.807, 2.05) is 27.7 Å². The number of carbonyl (C=O) groups is 1. The van der Waals surface area contributed by atoms with Crippen LogP contribution in [0, 0.1) is 11.6 Å². The second-order valence-electron chi connectivity index (χ2n) is 7.39. The summed E-state index contributed by atoms with van der Waals surface area (Å²) >= 11 is 0. The van der Waals surface area contributed by atoms with Crippen molar-refractivity contribution in [2.75, 3.05) is 11.9 Å². The van der Waals surface area contributed by atoms with E-state index in [1.54, 1.807) is 17.2 Å². The largest absolute Gasteiger partial charge is 0.378 e. The summed E-state index contributed by atoms with van der Waals surface area (Å²) in [5.41, 5.74) is 2.84. The molecule has 0 atom stereocenters. The lowest BCUT2D eigenvalue weighted by Gasteiger charge is -2.30. The molecular formula is C19H22F2N4O. The van der Waals surface area contributed by atoms with Gasteiger partial charge in [-0.05, 0) is 51.5 Å². The van der Waals surface area contributed by atoms with E-state index in [9.17, 15) is 13.6 Å². The SMILES string of the molecule is CC1=C2C(=C(Nc3ccc(F)cc3F)C=CN2C(=O)NC(C)(C)C)NC1. The molecule has 0 spiro atoms. The number of carbonyl (C=O) groups excluding carboxylic acids is 1. The maximum atomic E-state index is 14.0. The van der Waals surface area contributed by atoms with Crippen LogP contribution in [0.1, 0.15) is 27.7 Å². The van der Waals surface area contributed by atoms with Crippen molar-refractivity contribution in [1.29, 1.82) is 0 Å². The lowest BCUT2D eigenvalue weighted by atomic mass is 10.1. The molecule has 0 fully saturated rings. The van der Waals surface area contributed by atoms with Crippen molar-refractivity contribution in [2.24, 2.45) is 0 Å². The Balaban J connectivity index is 1.91. The standard InChI is InChI=1S/C19H22F2N4O/c1-11-10-22-16-15(23-14-6-5-12(20)9-13(14)21)7-8-25(17(11)16)18(26)24-19(2,3)4/h5-9,22-23H,10H2,1-4H3,(H,24,26). The van der Waals surface area contributed by atoms with Crippen LogP contribution < -0.4 is 16.0 Å². The number of halogens is 2. The molecule has 26 heavy (non-hydrogen) atoms. The third-order valence-corrected chi connectivity index (χ3v) is 3.97. The van der Waals surface area contributed by atoms with Crippen LogP contribution in [0.15, 0.2) is 53.1 Å². The van der Waals surface area contributed by atoms with Gasteiger partial charge in [0, 0.05) is 24.4 Å². The van der Waals surface area contributed by atoms with E-state index in [-0.39, 0.29) is 17.3 Å². The Morgan fingerprint density at radius 2 is 2.00 bits per heavy atom. The van der Waals surface area contributed by atoms with E-state index < -0.39 is 11.6 Å². The van der Waals surface area contributed by atoms with Gasteiger partial charge in [-0.3, -0.25) is 4.90 Å². The van der Waals surface area contributed by atoms with Crippen LogP contribution in [0.4, 0.5) is 19.3 Å². The van der Waals surface area contributed by atoms with E-state index in [1.165, 1.54) is 12.1 Å². The third kappa shape index (κ3) is 3.56. The Morgan fingerprint density at radius 1 is 1.27 bits per heavy atom. The fraction of sp³-hybridized carbons (Fsp3) is 0.316. The van der Waals surface area contributed by atoms with Crippen molar-refractivity contribution in [2.45, 2.75) is 33.2 Å². The summed E-state index contributed by atoms with van der Waals surface area (Å²) in [5.74, 6) is -1.31.